The van der Waals surface area contributed by atoms with Gasteiger partial charge < -0.3 is 4.52 Å². The minimum absolute atomic E-state index is 0.119. The number of hydrogen-bond acceptors (Lipinski definition) is 7. The summed E-state index contributed by atoms with van der Waals surface area (Å²) in [6.45, 7) is 1.96. The Kier molecular flexibility index (Phi) is 4.22. The van der Waals surface area contributed by atoms with Crippen molar-refractivity contribution in [1.82, 2.24) is 14.4 Å². The Hall–Kier alpha value is -2.36. The zero-order chi connectivity index (χ0) is 18.3. The number of aromatic nitrogens is 2. The van der Waals surface area contributed by atoms with Crippen LogP contribution < -0.4 is 0 Å². The first-order chi connectivity index (χ1) is 12.4. The molecule has 0 aliphatic carbocycles. The van der Waals surface area contributed by atoms with Gasteiger partial charge in [-0.2, -0.15) is 9.29 Å². The summed E-state index contributed by atoms with van der Waals surface area (Å²) >= 11 is 1.51. The third-order valence-electron chi connectivity index (χ3n) is 4.26. The molecule has 0 amide bonds. The van der Waals surface area contributed by atoms with Crippen molar-refractivity contribution in [2.75, 3.05) is 13.1 Å². The van der Waals surface area contributed by atoms with Gasteiger partial charge in [0.25, 0.3) is 0 Å². The molecule has 1 aliphatic heterocycles. The molecule has 9 heteroatoms. The normalized spacial score (nSPS) is 15.7. The van der Waals surface area contributed by atoms with Crippen molar-refractivity contribution in [3.05, 3.63) is 53.2 Å². The maximum atomic E-state index is 12.7. The van der Waals surface area contributed by atoms with Gasteiger partial charge >= 0.3 is 0 Å². The Morgan fingerprint density at radius 2 is 2.08 bits per heavy atom. The molecule has 7 nitrogen and oxygen atoms in total. The lowest BCUT2D eigenvalue weighted by Crippen LogP contribution is -2.48. The number of sulfonamides is 1. The van der Waals surface area contributed by atoms with Crippen LogP contribution in [0.3, 0.4) is 0 Å². The fourth-order valence-corrected chi connectivity index (χ4v) is 4.95. The Bertz CT molecular complexity index is 1050. The zero-order valence-electron chi connectivity index (χ0n) is 13.8. The Morgan fingerprint density at radius 3 is 2.77 bits per heavy atom. The highest BCUT2D eigenvalue weighted by Gasteiger charge is 2.40. The second-order valence-corrected chi connectivity index (χ2v) is 8.92. The first-order valence-electron chi connectivity index (χ1n) is 7.94. The smallest absolute Gasteiger partial charge is 0.243 e. The molecule has 0 atom stereocenters. The zero-order valence-corrected chi connectivity index (χ0v) is 15.5. The van der Waals surface area contributed by atoms with E-state index in [9.17, 15) is 13.2 Å². The van der Waals surface area contributed by atoms with Crippen molar-refractivity contribution in [1.29, 1.82) is 0 Å². The lowest BCUT2D eigenvalue weighted by atomic mass is 10.0. The minimum Gasteiger partial charge on any atom is -0.339 e. The highest BCUT2D eigenvalue weighted by molar-refractivity contribution is 7.89. The molecule has 0 N–H and O–H groups in total. The van der Waals surface area contributed by atoms with Crippen LogP contribution in [0.15, 0.2) is 51.2 Å². The molecule has 1 fully saturated rings. The molecule has 0 radical (unpaired) electrons. The molecule has 2 aromatic heterocycles. The van der Waals surface area contributed by atoms with Gasteiger partial charge in [0.2, 0.25) is 21.7 Å². The molecule has 134 valence electrons. The molecule has 1 aliphatic rings. The van der Waals surface area contributed by atoms with Crippen LogP contribution in [-0.2, 0) is 10.0 Å². The molecule has 1 saturated heterocycles. The third kappa shape index (κ3) is 2.98. The van der Waals surface area contributed by atoms with Crippen LogP contribution in [0, 0.1) is 0 Å². The van der Waals surface area contributed by atoms with Gasteiger partial charge in [0.05, 0.1) is 15.7 Å². The number of hydrogen-bond donors (Lipinski definition) is 0. The van der Waals surface area contributed by atoms with E-state index in [2.05, 4.69) is 10.1 Å². The number of ketones is 1. The molecule has 4 rings (SSSR count). The monoisotopic (exact) mass is 389 g/mol. The topological polar surface area (TPSA) is 93.4 Å². The lowest BCUT2D eigenvalue weighted by Gasteiger charge is -2.35. The summed E-state index contributed by atoms with van der Waals surface area (Å²) < 4.78 is 32.1. The van der Waals surface area contributed by atoms with Crippen molar-refractivity contribution < 1.29 is 17.7 Å². The van der Waals surface area contributed by atoms with Gasteiger partial charge in [0.15, 0.2) is 5.78 Å². The number of rotatable bonds is 5. The molecule has 0 bridgehead atoms. The predicted molar refractivity (Wildman–Crippen MR) is 95.6 cm³/mol. The molecule has 0 spiro atoms. The molecule has 0 saturated carbocycles. The van der Waals surface area contributed by atoms with E-state index in [0.717, 1.165) is 4.88 Å². The maximum Gasteiger partial charge on any atom is 0.243 e. The lowest BCUT2D eigenvalue weighted by molar-refractivity contribution is 0.101. The molecule has 3 aromatic rings. The number of benzene rings is 1. The van der Waals surface area contributed by atoms with Gasteiger partial charge in [-0.25, -0.2) is 8.42 Å². The van der Waals surface area contributed by atoms with E-state index in [-0.39, 0.29) is 29.7 Å². The van der Waals surface area contributed by atoms with Crippen molar-refractivity contribution >= 4 is 27.1 Å². The van der Waals surface area contributed by atoms with E-state index in [0.29, 0.717) is 17.3 Å². The summed E-state index contributed by atoms with van der Waals surface area (Å²) in [5.74, 6) is 0.667. The highest BCUT2D eigenvalue weighted by atomic mass is 32.2. The number of nitrogens with zero attached hydrogens (tertiary/aromatic N) is 3. The van der Waals surface area contributed by atoms with E-state index in [1.54, 1.807) is 12.1 Å². The summed E-state index contributed by atoms with van der Waals surface area (Å²) in [7, 11) is -3.64. The molecule has 26 heavy (non-hydrogen) atoms. The van der Waals surface area contributed by atoms with Crippen LogP contribution in [-0.4, -0.2) is 41.7 Å². The van der Waals surface area contributed by atoms with E-state index in [4.69, 9.17) is 4.52 Å². The summed E-state index contributed by atoms with van der Waals surface area (Å²) in [5, 5.41) is 5.89. The molecule has 3 heterocycles. The largest absolute Gasteiger partial charge is 0.339 e. The summed E-state index contributed by atoms with van der Waals surface area (Å²) in [4.78, 5) is 16.9. The maximum absolute atomic E-state index is 12.7. The molecular weight excluding hydrogens is 374 g/mol. The summed E-state index contributed by atoms with van der Waals surface area (Å²) in [6, 6.07) is 9.89. The average molecular weight is 389 g/mol. The average Bonchev–Trinajstić information content (AvgIpc) is 3.24. The van der Waals surface area contributed by atoms with Crippen LogP contribution in [0.2, 0.25) is 0 Å². The van der Waals surface area contributed by atoms with E-state index >= 15 is 0 Å². The van der Waals surface area contributed by atoms with Gasteiger partial charge in [0.1, 0.15) is 0 Å². The van der Waals surface area contributed by atoms with E-state index < -0.39 is 10.0 Å². The van der Waals surface area contributed by atoms with Gasteiger partial charge in [-0.1, -0.05) is 23.4 Å². The second-order valence-electron chi connectivity index (χ2n) is 6.04. The fraction of sp³-hybridized carbons (Fsp3) is 0.235. The Balaban J connectivity index is 1.49. The van der Waals surface area contributed by atoms with E-state index in [1.165, 1.54) is 34.7 Å². The van der Waals surface area contributed by atoms with E-state index in [1.807, 2.05) is 17.5 Å². The third-order valence-corrected chi connectivity index (χ3v) is 6.95. The summed E-state index contributed by atoms with van der Waals surface area (Å²) in [5.41, 5.74) is 0.376. The van der Waals surface area contributed by atoms with Crippen LogP contribution in [0.25, 0.3) is 10.7 Å². The Morgan fingerprint density at radius 1 is 1.27 bits per heavy atom. The highest BCUT2D eigenvalue weighted by Crippen LogP contribution is 2.32. The van der Waals surface area contributed by atoms with Crippen LogP contribution in [0.5, 0.6) is 0 Å². The first kappa shape index (κ1) is 17.1. The van der Waals surface area contributed by atoms with Crippen molar-refractivity contribution in [3.63, 3.8) is 0 Å². The minimum atomic E-state index is -3.64. The fourth-order valence-electron chi connectivity index (χ4n) is 2.72. The summed E-state index contributed by atoms with van der Waals surface area (Å²) in [6.07, 6.45) is 0. The standard InChI is InChI=1S/C17H15N3O4S2/c1-11(21)12-4-2-5-14(8-12)26(22,23)20-9-13(10-20)17-18-16(19-24-17)15-6-3-7-25-15/h2-8,13H,9-10H2,1H3. The van der Waals surface area contributed by atoms with Crippen molar-refractivity contribution in [2.24, 2.45) is 0 Å². The van der Waals surface area contributed by atoms with Gasteiger partial charge in [-0.3, -0.25) is 4.79 Å². The van der Waals surface area contributed by atoms with Crippen LogP contribution in [0.4, 0.5) is 0 Å². The number of Topliss-reactive ketones (excluding diaryl/α,β-unsaturated/α-hetero) is 1. The van der Waals surface area contributed by atoms with Crippen molar-refractivity contribution in [3.8, 4) is 10.7 Å². The van der Waals surface area contributed by atoms with Gasteiger partial charge in [-0.15, -0.1) is 11.3 Å². The molecular formula is C17H15N3O4S2. The van der Waals surface area contributed by atoms with Crippen LogP contribution >= 0.6 is 11.3 Å². The second kappa shape index (κ2) is 6.42. The van der Waals surface area contributed by atoms with Gasteiger partial charge in [-0.05, 0) is 30.5 Å². The number of thiophene rings is 1. The predicted octanol–water partition coefficient (Wildman–Crippen LogP) is 2.79. The quantitative estimate of drug-likeness (QED) is 0.623. The number of carbonyl (C=O) groups is 1. The SMILES string of the molecule is CC(=O)c1cccc(S(=O)(=O)N2CC(c3nc(-c4cccs4)no3)C2)c1. The number of carbonyl (C=O) groups excluding carboxylic acids is 1. The van der Waals surface area contributed by atoms with Gasteiger partial charge in [0, 0.05) is 18.7 Å². The molecule has 0 unspecified atom stereocenters. The Labute approximate surface area is 154 Å². The van der Waals surface area contributed by atoms with Crippen LogP contribution in [0.1, 0.15) is 29.1 Å². The molecule has 1 aromatic carbocycles. The van der Waals surface area contributed by atoms with Crippen molar-refractivity contribution in [2.45, 2.75) is 17.7 Å². The first-order valence-corrected chi connectivity index (χ1v) is 10.3.